The van der Waals surface area contributed by atoms with Gasteiger partial charge in [-0.05, 0) is 0 Å². The number of piperidine rings is 1. The number of rotatable bonds is 1. The molecule has 1 heterocycles. The molecule has 1 saturated heterocycles. The number of ketones is 2. The molecule has 0 saturated carbocycles. The largest absolute Gasteiger partial charge is 0.294 e. The topological polar surface area (TPSA) is 80.3 Å². The zero-order chi connectivity index (χ0) is 14.5. The van der Waals surface area contributed by atoms with Crippen LogP contribution < -0.4 is 5.32 Å². The van der Waals surface area contributed by atoms with Gasteiger partial charge in [-0.1, -0.05) is 24.3 Å². The van der Waals surface area contributed by atoms with Crippen molar-refractivity contribution in [2.75, 3.05) is 0 Å². The van der Waals surface area contributed by atoms with Gasteiger partial charge in [0.05, 0.1) is 0 Å². The summed E-state index contributed by atoms with van der Waals surface area (Å²) in [5.41, 5.74) is -2.39. The van der Waals surface area contributed by atoms with Gasteiger partial charge in [-0.15, -0.1) is 0 Å². The Morgan fingerprint density at radius 1 is 1.05 bits per heavy atom. The molecule has 1 aromatic carbocycles. The van der Waals surface area contributed by atoms with E-state index in [9.17, 15) is 23.6 Å². The molecular formula is C14H10FNO4. The monoisotopic (exact) mass is 275 g/mol. The molecule has 1 atom stereocenters. The van der Waals surface area contributed by atoms with E-state index in [1.54, 1.807) is 12.1 Å². The summed E-state index contributed by atoms with van der Waals surface area (Å²) < 4.78 is 14.9. The highest BCUT2D eigenvalue weighted by atomic mass is 19.1. The van der Waals surface area contributed by atoms with Crippen LogP contribution in [-0.4, -0.2) is 29.0 Å². The van der Waals surface area contributed by atoms with E-state index in [-0.39, 0.29) is 17.5 Å². The van der Waals surface area contributed by atoms with Crippen molar-refractivity contribution in [2.24, 2.45) is 5.92 Å². The quantitative estimate of drug-likeness (QED) is 0.608. The predicted octanol–water partition coefficient (Wildman–Crippen LogP) is 0.827. The van der Waals surface area contributed by atoms with Crippen LogP contribution in [0, 0.1) is 5.92 Å². The van der Waals surface area contributed by atoms with Crippen LogP contribution in [0.1, 0.15) is 33.6 Å². The lowest BCUT2D eigenvalue weighted by Gasteiger charge is -2.30. The standard InChI is InChI=1S/C14H10FNO4/c15-14(6-5-9(17)16-13(14)20)10-11(18)7-3-1-2-4-8(7)12(10)19/h1-4,10H,5-6H2,(H,16,17,20). The second-order valence-corrected chi connectivity index (χ2v) is 4.95. The van der Waals surface area contributed by atoms with Crippen LogP contribution in [-0.2, 0) is 9.59 Å². The third-order valence-corrected chi connectivity index (χ3v) is 3.79. The molecule has 0 aromatic heterocycles. The molecule has 1 unspecified atom stereocenters. The van der Waals surface area contributed by atoms with E-state index < -0.39 is 41.4 Å². The average molecular weight is 275 g/mol. The Labute approximate surface area is 113 Å². The number of alkyl halides is 1. The van der Waals surface area contributed by atoms with E-state index in [0.717, 1.165) is 0 Å². The van der Waals surface area contributed by atoms with Crippen molar-refractivity contribution in [3.8, 4) is 0 Å². The number of carbonyl (C=O) groups excluding carboxylic acids is 4. The first-order chi connectivity index (χ1) is 9.45. The van der Waals surface area contributed by atoms with Crippen LogP contribution in [0.2, 0.25) is 0 Å². The maximum Gasteiger partial charge on any atom is 0.265 e. The maximum atomic E-state index is 14.9. The zero-order valence-corrected chi connectivity index (χ0v) is 10.3. The van der Waals surface area contributed by atoms with Crippen molar-refractivity contribution < 1.29 is 23.6 Å². The minimum absolute atomic E-state index is 0.129. The van der Waals surface area contributed by atoms with Crippen molar-refractivity contribution in [1.29, 1.82) is 0 Å². The number of fused-ring (bicyclic) bond motifs is 1. The fraction of sp³-hybridized carbons (Fsp3) is 0.286. The smallest absolute Gasteiger partial charge is 0.265 e. The molecule has 0 radical (unpaired) electrons. The van der Waals surface area contributed by atoms with Gasteiger partial charge in [0.2, 0.25) is 11.6 Å². The second kappa shape index (κ2) is 4.06. The van der Waals surface area contributed by atoms with E-state index in [0.29, 0.717) is 0 Å². The SMILES string of the molecule is O=C1CCC(F)(C2C(=O)c3ccccc3C2=O)C(=O)N1. The molecule has 0 bridgehead atoms. The van der Waals surface area contributed by atoms with E-state index in [2.05, 4.69) is 0 Å². The van der Waals surface area contributed by atoms with Gasteiger partial charge in [0.25, 0.3) is 5.91 Å². The molecule has 20 heavy (non-hydrogen) atoms. The maximum absolute atomic E-state index is 14.9. The van der Waals surface area contributed by atoms with Crippen molar-refractivity contribution in [2.45, 2.75) is 18.5 Å². The third kappa shape index (κ3) is 1.54. The van der Waals surface area contributed by atoms with Gasteiger partial charge in [-0.25, -0.2) is 4.39 Å². The number of hydrogen-bond acceptors (Lipinski definition) is 4. The number of amides is 2. The molecule has 5 nitrogen and oxygen atoms in total. The van der Waals surface area contributed by atoms with Crippen LogP contribution in [0.5, 0.6) is 0 Å². The van der Waals surface area contributed by atoms with Crippen molar-refractivity contribution in [3.05, 3.63) is 35.4 Å². The van der Waals surface area contributed by atoms with E-state index >= 15 is 0 Å². The predicted molar refractivity (Wildman–Crippen MR) is 64.8 cm³/mol. The first kappa shape index (κ1) is 12.7. The molecule has 2 amide bonds. The van der Waals surface area contributed by atoms with Gasteiger partial charge < -0.3 is 0 Å². The fourth-order valence-corrected chi connectivity index (χ4v) is 2.74. The second-order valence-electron chi connectivity index (χ2n) is 4.95. The van der Waals surface area contributed by atoms with Crippen LogP contribution in [0.15, 0.2) is 24.3 Å². The average Bonchev–Trinajstić information content (AvgIpc) is 2.68. The third-order valence-electron chi connectivity index (χ3n) is 3.79. The van der Waals surface area contributed by atoms with Crippen molar-refractivity contribution >= 4 is 23.4 Å². The minimum atomic E-state index is -2.65. The minimum Gasteiger partial charge on any atom is -0.294 e. The summed E-state index contributed by atoms with van der Waals surface area (Å²) in [7, 11) is 0. The van der Waals surface area contributed by atoms with Crippen LogP contribution >= 0.6 is 0 Å². The van der Waals surface area contributed by atoms with Crippen LogP contribution in [0.3, 0.4) is 0 Å². The summed E-state index contributed by atoms with van der Waals surface area (Å²) in [5, 5.41) is 1.86. The molecule has 1 fully saturated rings. The molecule has 6 heteroatoms. The zero-order valence-electron chi connectivity index (χ0n) is 10.3. The molecular weight excluding hydrogens is 265 g/mol. The van der Waals surface area contributed by atoms with Gasteiger partial charge >= 0.3 is 0 Å². The summed E-state index contributed by atoms with van der Waals surface area (Å²) in [6.45, 7) is 0. The van der Waals surface area contributed by atoms with Gasteiger partial charge in [0, 0.05) is 24.0 Å². The summed E-state index contributed by atoms with van der Waals surface area (Å²) in [4.78, 5) is 47.3. The first-order valence-electron chi connectivity index (χ1n) is 6.16. The number of hydrogen-bond donors (Lipinski definition) is 1. The highest BCUT2D eigenvalue weighted by Gasteiger charge is 2.58. The van der Waals surface area contributed by atoms with E-state index in [1.165, 1.54) is 12.1 Å². The van der Waals surface area contributed by atoms with Gasteiger partial charge in [0.1, 0.15) is 5.92 Å². The van der Waals surface area contributed by atoms with Crippen molar-refractivity contribution in [1.82, 2.24) is 5.32 Å². The Balaban J connectivity index is 2.04. The summed E-state index contributed by atoms with van der Waals surface area (Å²) in [5.74, 6) is -4.88. The number of halogens is 1. The number of Topliss-reactive ketones (excluding diaryl/α,β-unsaturated/α-hetero) is 2. The van der Waals surface area contributed by atoms with Gasteiger partial charge in [-0.2, -0.15) is 0 Å². The fourth-order valence-electron chi connectivity index (χ4n) is 2.74. The first-order valence-corrected chi connectivity index (χ1v) is 6.16. The Hall–Kier alpha value is -2.37. The molecule has 2 aliphatic rings. The number of benzene rings is 1. The summed E-state index contributed by atoms with van der Waals surface area (Å²) >= 11 is 0. The van der Waals surface area contributed by atoms with Crippen LogP contribution in [0.4, 0.5) is 4.39 Å². The van der Waals surface area contributed by atoms with Crippen LogP contribution in [0.25, 0.3) is 0 Å². The lowest BCUT2D eigenvalue weighted by atomic mass is 9.79. The highest BCUT2D eigenvalue weighted by Crippen LogP contribution is 2.40. The lowest BCUT2D eigenvalue weighted by Crippen LogP contribution is -2.57. The molecule has 1 aliphatic heterocycles. The van der Waals surface area contributed by atoms with Gasteiger partial charge in [0.15, 0.2) is 11.6 Å². The molecule has 1 N–H and O–H groups in total. The summed E-state index contributed by atoms with van der Waals surface area (Å²) in [6.07, 6.45) is -0.677. The molecule has 1 aromatic rings. The van der Waals surface area contributed by atoms with E-state index in [1.807, 2.05) is 5.32 Å². The van der Waals surface area contributed by atoms with Crippen molar-refractivity contribution in [3.63, 3.8) is 0 Å². The Kier molecular flexibility index (Phi) is 2.57. The molecule has 102 valence electrons. The van der Waals surface area contributed by atoms with E-state index in [4.69, 9.17) is 0 Å². The van der Waals surface area contributed by atoms with Gasteiger partial charge in [-0.3, -0.25) is 24.5 Å². The number of carbonyl (C=O) groups is 4. The lowest BCUT2D eigenvalue weighted by molar-refractivity contribution is -0.145. The Morgan fingerprint density at radius 2 is 1.60 bits per heavy atom. The Morgan fingerprint density at radius 3 is 2.10 bits per heavy atom. The molecule has 3 rings (SSSR count). The normalized spacial score (nSPS) is 26.6. The number of imide groups is 1. The summed E-state index contributed by atoms with van der Waals surface area (Å²) in [6, 6.07) is 6.01. The number of nitrogens with one attached hydrogen (secondary N) is 1. The molecule has 1 aliphatic carbocycles. The highest BCUT2D eigenvalue weighted by molar-refractivity contribution is 6.29. The molecule has 0 spiro atoms. The Bertz CT molecular complexity index is 634.